The molecule has 0 radical (unpaired) electrons. The van der Waals surface area contributed by atoms with Gasteiger partial charge in [0.25, 0.3) is 5.91 Å². The summed E-state index contributed by atoms with van der Waals surface area (Å²) in [7, 11) is 3.16. The van der Waals surface area contributed by atoms with Crippen molar-refractivity contribution in [1.82, 2.24) is 10.3 Å². The highest BCUT2D eigenvalue weighted by Crippen LogP contribution is 2.30. The third kappa shape index (κ3) is 4.77. The molecule has 2 aromatic carbocycles. The highest BCUT2D eigenvalue weighted by molar-refractivity contribution is 7.07. The predicted octanol–water partition coefficient (Wildman–Crippen LogP) is 3.67. The number of methoxy groups -OCH3 is 2. The van der Waals surface area contributed by atoms with Gasteiger partial charge >= 0.3 is 0 Å². The Hall–Kier alpha value is -3.06. The van der Waals surface area contributed by atoms with Crippen molar-refractivity contribution in [2.75, 3.05) is 14.2 Å². The number of ether oxygens (including phenoxy) is 3. The van der Waals surface area contributed by atoms with Crippen molar-refractivity contribution in [2.45, 2.75) is 13.2 Å². The molecule has 1 heterocycles. The van der Waals surface area contributed by atoms with Crippen LogP contribution in [0.25, 0.3) is 0 Å². The molecule has 3 aromatic rings. The number of carbonyl (C=O) groups is 1. The van der Waals surface area contributed by atoms with E-state index in [-0.39, 0.29) is 5.91 Å². The third-order valence-electron chi connectivity index (χ3n) is 3.89. The van der Waals surface area contributed by atoms with Gasteiger partial charge < -0.3 is 19.5 Å². The van der Waals surface area contributed by atoms with E-state index in [9.17, 15) is 4.79 Å². The van der Waals surface area contributed by atoms with E-state index < -0.39 is 0 Å². The van der Waals surface area contributed by atoms with Gasteiger partial charge in [0.2, 0.25) is 0 Å². The number of carbonyl (C=O) groups excluding carboxylic acids is 1. The molecule has 6 nitrogen and oxygen atoms in total. The number of nitrogens with one attached hydrogen (secondary N) is 1. The highest BCUT2D eigenvalue weighted by Gasteiger charge is 2.12. The number of rotatable bonds is 8. The van der Waals surface area contributed by atoms with Crippen LogP contribution in [0.15, 0.2) is 53.4 Å². The Morgan fingerprint density at radius 2 is 2.00 bits per heavy atom. The van der Waals surface area contributed by atoms with E-state index >= 15 is 0 Å². The van der Waals surface area contributed by atoms with Crippen LogP contribution in [0.4, 0.5) is 0 Å². The van der Waals surface area contributed by atoms with Crippen molar-refractivity contribution in [3.63, 3.8) is 0 Å². The number of para-hydroxylation sites is 1. The summed E-state index contributed by atoms with van der Waals surface area (Å²) in [5, 5.41) is 4.83. The maximum absolute atomic E-state index is 12.5. The van der Waals surface area contributed by atoms with E-state index in [2.05, 4.69) is 10.3 Å². The topological polar surface area (TPSA) is 69.7 Å². The lowest BCUT2D eigenvalue weighted by Gasteiger charge is -2.13. The Kier molecular flexibility index (Phi) is 6.27. The lowest BCUT2D eigenvalue weighted by atomic mass is 10.1. The smallest absolute Gasteiger partial charge is 0.251 e. The minimum atomic E-state index is -0.195. The zero-order valence-corrected chi connectivity index (χ0v) is 15.9. The quantitative estimate of drug-likeness (QED) is 0.642. The fourth-order valence-electron chi connectivity index (χ4n) is 2.56. The average molecular weight is 384 g/mol. The van der Waals surface area contributed by atoms with Gasteiger partial charge in [-0.05, 0) is 24.3 Å². The van der Waals surface area contributed by atoms with Gasteiger partial charge in [-0.25, -0.2) is 4.98 Å². The zero-order chi connectivity index (χ0) is 19.1. The molecule has 1 amide bonds. The molecular weight excluding hydrogens is 364 g/mol. The SMILES string of the molecule is COc1cccc(CNC(=O)c2cccc(OCc3cscn3)c2)c1OC. The number of hydrogen-bond acceptors (Lipinski definition) is 6. The van der Waals surface area contributed by atoms with E-state index in [1.165, 1.54) is 11.3 Å². The Morgan fingerprint density at radius 3 is 2.74 bits per heavy atom. The van der Waals surface area contributed by atoms with Crippen LogP contribution in [0.1, 0.15) is 21.6 Å². The lowest BCUT2D eigenvalue weighted by molar-refractivity contribution is 0.0950. The molecule has 3 rings (SSSR count). The van der Waals surface area contributed by atoms with Gasteiger partial charge in [0.15, 0.2) is 11.5 Å². The standard InChI is InChI=1S/C20H20N2O4S/c1-24-18-8-4-6-15(19(18)25-2)10-21-20(23)14-5-3-7-17(9-14)26-11-16-12-27-13-22-16/h3-9,12-13H,10-11H2,1-2H3,(H,21,23). The van der Waals surface area contributed by atoms with Crippen LogP contribution >= 0.6 is 11.3 Å². The average Bonchev–Trinajstić information content (AvgIpc) is 3.24. The summed E-state index contributed by atoms with van der Waals surface area (Å²) in [5.74, 6) is 1.66. The molecule has 0 bridgehead atoms. The molecule has 140 valence electrons. The molecule has 0 saturated heterocycles. The van der Waals surface area contributed by atoms with Crippen molar-refractivity contribution >= 4 is 17.2 Å². The lowest BCUT2D eigenvalue weighted by Crippen LogP contribution is -2.23. The minimum Gasteiger partial charge on any atom is -0.493 e. The Labute approximate surface area is 161 Å². The normalized spacial score (nSPS) is 10.3. The van der Waals surface area contributed by atoms with E-state index in [1.807, 2.05) is 29.6 Å². The first-order valence-corrected chi connectivity index (χ1v) is 9.23. The number of aromatic nitrogens is 1. The predicted molar refractivity (Wildman–Crippen MR) is 104 cm³/mol. The van der Waals surface area contributed by atoms with Crippen LogP contribution < -0.4 is 19.5 Å². The van der Waals surface area contributed by atoms with Gasteiger partial charge in [-0.3, -0.25) is 4.79 Å². The first-order valence-electron chi connectivity index (χ1n) is 8.29. The zero-order valence-electron chi connectivity index (χ0n) is 15.1. The van der Waals surface area contributed by atoms with E-state index in [0.29, 0.717) is 36.0 Å². The fourth-order valence-corrected chi connectivity index (χ4v) is 3.11. The largest absolute Gasteiger partial charge is 0.493 e. The first-order chi connectivity index (χ1) is 13.2. The molecule has 1 aromatic heterocycles. The van der Waals surface area contributed by atoms with Crippen molar-refractivity contribution in [3.05, 3.63) is 70.2 Å². The van der Waals surface area contributed by atoms with Crippen LogP contribution in [0, 0.1) is 0 Å². The Balaban J connectivity index is 1.64. The maximum Gasteiger partial charge on any atom is 0.251 e. The van der Waals surface area contributed by atoms with Crippen molar-refractivity contribution in [1.29, 1.82) is 0 Å². The molecule has 0 unspecified atom stereocenters. The van der Waals surface area contributed by atoms with Gasteiger partial charge in [-0.2, -0.15) is 0 Å². The second-order valence-electron chi connectivity index (χ2n) is 5.63. The molecule has 0 aliphatic heterocycles. The van der Waals surface area contributed by atoms with Gasteiger partial charge in [0.1, 0.15) is 12.4 Å². The van der Waals surface area contributed by atoms with Crippen molar-refractivity contribution in [2.24, 2.45) is 0 Å². The number of amides is 1. The molecule has 0 aliphatic rings. The fraction of sp³-hybridized carbons (Fsp3) is 0.200. The molecule has 0 saturated carbocycles. The summed E-state index contributed by atoms with van der Waals surface area (Å²) in [6, 6.07) is 12.6. The molecule has 27 heavy (non-hydrogen) atoms. The van der Waals surface area contributed by atoms with Crippen molar-refractivity contribution in [3.8, 4) is 17.2 Å². The maximum atomic E-state index is 12.5. The number of nitrogens with zero attached hydrogens (tertiary/aromatic N) is 1. The summed E-state index contributed by atoms with van der Waals surface area (Å²) < 4.78 is 16.4. The highest BCUT2D eigenvalue weighted by atomic mass is 32.1. The Morgan fingerprint density at radius 1 is 1.15 bits per heavy atom. The Bertz CT molecular complexity index is 897. The summed E-state index contributed by atoms with van der Waals surface area (Å²) in [6.45, 7) is 0.693. The number of thiazole rings is 1. The van der Waals surface area contributed by atoms with E-state index in [1.54, 1.807) is 37.9 Å². The summed E-state index contributed by atoms with van der Waals surface area (Å²) in [5.41, 5.74) is 3.98. The molecule has 0 atom stereocenters. The molecule has 0 fully saturated rings. The van der Waals surface area contributed by atoms with Gasteiger partial charge in [0, 0.05) is 23.1 Å². The van der Waals surface area contributed by atoms with Crippen LogP contribution in [-0.4, -0.2) is 25.1 Å². The summed E-state index contributed by atoms with van der Waals surface area (Å²) >= 11 is 1.52. The van der Waals surface area contributed by atoms with Crippen LogP contribution in [0.5, 0.6) is 17.2 Å². The molecule has 7 heteroatoms. The van der Waals surface area contributed by atoms with Crippen LogP contribution in [0.3, 0.4) is 0 Å². The summed E-state index contributed by atoms with van der Waals surface area (Å²) in [4.78, 5) is 16.7. The third-order valence-corrected chi connectivity index (χ3v) is 4.53. The van der Waals surface area contributed by atoms with Crippen molar-refractivity contribution < 1.29 is 19.0 Å². The monoisotopic (exact) mass is 384 g/mol. The van der Waals surface area contributed by atoms with E-state index in [0.717, 1.165) is 11.3 Å². The molecule has 1 N–H and O–H groups in total. The summed E-state index contributed by atoms with van der Waals surface area (Å²) in [6.07, 6.45) is 0. The second kappa shape index (κ2) is 9.05. The second-order valence-corrected chi connectivity index (χ2v) is 6.35. The number of benzene rings is 2. The van der Waals surface area contributed by atoms with Crippen LogP contribution in [-0.2, 0) is 13.2 Å². The first kappa shape index (κ1) is 18.7. The van der Waals surface area contributed by atoms with Gasteiger partial charge in [0.05, 0.1) is 25.4 Å². The molecule has 0 aliphatic carbocycles. The van der Waals surface area contributed by atoms with Gasteiger partial charge in [-0.1, -0.05) is 18.2 Å². The molecular formula is C20H20N2O4S. The number of hydrogen-bond donors (Lipinski definition) is 1. The van der Waals surface area contributed by atoms with Crippen LogP contribution in [0.2, 0.25) is 0 Å². The van der Waals surface area contributed by atoms with Gasteiger partial charge in [-0.15, -0.1) is 11.3 Å². The minimum absolute atomic E-state index is 0.195. The molecule has 0 spiro atoms. The van der Waals surface area contributed by atoms with E-state index in [4.69, 9.17) is 14.2 Å².